The smallest absolute Gasteiger partial charge is 0.159 e. The predicted molar refractivity (Wildman–Crippen MR) is 77.8 cm³/mol. The lowest BCUT2D eigenvalue weighted by Crippen LogP contribution is -2.29. The van der Waals surface area contributed by atoms with Gasteiger partial charge in [0.2, 0.25) is 0 Å². The number of ether oxygens (including phenoxy) is 2. The number of nitrogens with one attached hydrogen (secondary N) is 2. The predicted octanol–water partition coefficient (Wildman–Crippen LogP) is 2.31. The molecule has 0 aliphatic heterocycles. The van der Waals surface area contributed by atoms with Gasteiger partial charge >= 0.3 is 0 Å². The molecule has 0 amide bonds. The second-order valence-corrected chi connectivity index (χ2v) is 4.72. The summed E-state index contributed by atoms with van der Waals surface area (Å²) in [6.45, 7) is 8.45. The van der Waals surface area contributed by atoms with Gasteiger partial charge in [0.25, 0.3) is 0 Å². The van der Waals surface area contributed by atoms with Crippen molar-refractivity contribution in [2.75, 3.05) is 20.3 Å². The standard InChI is InChI=1S/C15H25N2O2/c1-12(2)16-8-9-19-13(3)17-11-14-6-5-7-15(10-14)18-4/h5-7,10,12,16-17H,8-9,11H2,1-4H3. The first kappa shape index (κ1) is 16.0. The van der Waals surface area contributed by atoms with E-state index in [0.29, 0.717) is 12.6 Å². The van der Waals surface area contributed by atoms with Gasteiger partial charge in [-0.1, -0.05) is 26.0 Å². The van der Waals surface area contributed by atoms with Gasteiger partial charge in [0, 0.05) is 19.1 Å². The van der Waals surface area contributed by atoms with Gasteiger partial charge in [-0.3, -0.25) is 5.32 Å². The summed E-state index contributed by atoms with van der Waals surface area (Å²) in [5, 5.41) is 6.56. The van der Waals surface area contributed by atoms with E-state index in [0.717, 1.165) is 25.1 Å². The van der Waals surface area contributed by atoms with Gasteiger partial charge in [-0.25, -0.2) is 0 Å². The van der Waals surface area contributed by atoms with Crippen molar-refractivity contribution in [3.05, 3.63) is 36.1 Å². The van der Waals surface area contributed by atoms with E-state index in [1.54, 1.807) is 7.11 Å². The van der Waals surface area contributed by atoms with Crippen LogP contribution < -0.4 is 15.4 Å². The van der Waals surface area contributed by atoms with Crippen molar-refractivity contribution in [1.29, 1.82) is 0 Å². The largest absolute Gasteiger partial charge is 0.497 e. The van der Waals surface area contributed by atoms with Crippen LogP contribution in [0.4, 0.5) is 0 Å². The van der Waals surface area contributed by atoms with Crippen LogP contribution in [0.1, 0.15) is 26.3 Å². The van der Waals surface area contributed by atoms with Crippen LogP contribution in [0, 0.1) is 6.23 Å². The fourth-order valence-corrected chi connectivity index (χ4v) is 1.61. The molecule has 1 aromatic rings. The molecule has 0 unspecified atom stereocenters. The number of methoxy groups -OCH3 is 1. The van der Waals surface area contributed by atoms with Crippen LogP contribution >= 0.6 is 0 Å². The molecule has 1 rings (SSSR count). The molecular weight excluding hydrogens is 240 g/mol. The Hall–Kier alpha value is -1.10. The summed E-state index contributed by atoms with van der Waals surface area (Å²) in [6.07, 6.45) is 0.841. The Morgan fingerprint density at radius 2 is 2.11 bits per heavy atom. The van der Waals surface area contributed by atoms with Crippen molar-refractivity contribution in [2.24, 2.45) is 0 Å². The van der Waals surface area contributed by atoms with Crippen LogP contribution in [0.2, 0.25) is 0 Å². The monoisotopic (exact) mass is 265 g/mol. The van der Waals surface area contributed by atoms with E-state index in [1.807, 2.05) is 25.1 Å². The summed E-state index contributed by atoms with van der Waals surface area (Å²) < 4.78 is 10.8. The van der Waals surface area contributed by atoms with E-state index in [-0.39, 0.29) is 0 Å². The summed E-state index contributed by atoms with van der Waals surface area (Å²) in [5.41, 5.74) is 1.17. The zero-order valence-corrected chi connectivity index (χ0v) is 12.3. The van der Waals surface area contributed by atoms with Crippen LogP contribution in [0.25, 0.3) is 0 Å². The number of benzene rings is 1. The van der Waals surface area contributed by atoms with Gasteiger partial charge in [-0.15, -0.1) is 0 Å². The maximum atomic E-state index is 5.58. The Morgan fingerprint density at radius 3 is 2.79 bits per heavy atom. The highest BCUT2D eigenvalue weighted by Crippen LogP contribution is 2.12. The quantitative estimate of drug-likeness (QED) is 0.672. The first-order valence-electron chi connectivity index (χ1n) is 6.68. The molecule has 4 nitrogen and oxygen atoms in total. The Kier molecular flexibility index (Phi) is 7.48. The molecule has 0 spiro atoms. The third kappa shape index (κ3) is 7.15. The number of hydrogen-bond acceptors (Lipinski definition) is 4. The van der Waals surface area contributed by atoms with Gasteiger partial charge < -0.3 is 14.8 Å². The third-order valence-corrected chi connectivity index (χ3v) is 2.65. The Morgan fingerprint density at radius 1 is 1.32 bits per heavy atom. The highest BCUT2D eigenvalue weighted by atomic mass is 16.5. The van der Waals surface area contributed by atoms with Gasteiger partial charge in [-0.05, 0) is 24.6 Å². The van der Waals surface area contributed by atoms with Crippen LogP contribution in [-0.2, 0) is 11.3 Å². The van der Waals surface area contributed by atoms with Crippen LogP contribution in [0.15, 0.2) is 24.3 Å². The fourth-order valence-electron chi connectivity index (χ4n) is 1.61. The molecule has 0 heterocycles. The first-order chi connectivity index (χ1) is 9.11. The van der Waals surface area contributed by atoms with Crippen molar-refractivity contribution in [3.8, 4) is 5.75 Å². The van der Waals surface area contributed by atoms with Crippen LogP contribution in [0.3, 0.4) is 0 Å². The molecular formula is C15H25N2O2. The fraction of sp³-hybridized carbons (Fsp3) is 0.533. The minimum atomic E-state index is 0.494. The zero-order chi connectivity index (χ0) is 14.1. The molecule has 0 saturated heterocycles. The zero-order valence-electron chi connectivity index (χ0n) is 12.3. The molecule has 0 fully saturated rings. The molecule has 0 aliphatic rings. The van der Waals surface area contributed by atoms with Gasteiger partial charge in [0.05, 0.1) is 13.7 Å². The Labute approximate surface area is 116 Å². The average molecular weight is 265 g/mol. The van der Waals surface area contributed by atoms with Crippen molar-refractivity contribution >= 4 is 0 Å². The molecule has 1 radical (unpaired) electrons. The van der Waals surface area contributed by atoms with E-state index in [1.165, 1.54) is 5.56 Å². The van der Waals surface area contributed by atoms with E-state index >= 15 is 0 Å². The molecule has 0 atom stereocenters. The molecule has 0 aromatic heterocycles. The molecule has 2 N–H and O–H groups in total. The summed E-state index contributed by atoms with van der Waals surface area (Å²) in [7, 11) is 1.68. The van der Waals surface area contributed by atoms with E-state index < -0.39 is 0 Å². The van der Waals surface area contributed by atoms with Crippen LogP contribution in [0.5, 0.6) is 5.75 Å². The molecule has 1 aromatic carbocycles. The average Bonchev–Trinajstić information content (AvgIpc) is 2.41. The molecule has 19 heavy (non-hydrogen) atoms. The Bertz CT molecular complexity index is 356. The van der Waals surface area contributed by atoms with E-state index in [9.17, 15) is 0 Å². The second-order valence-electron chi connectivity index (χ2n) is 4.72. The molecule has 0 aliphatic carbocycles. The van der Waals surface area contributed by atoms with Crippen molar-refractivity contribution < 1.29 is 9.47 Å². The normalized spacial score (nSPS) is 11.3. The summed E-state index contributed by atoms with van der Waals surface area (Å²) >= 11 is 0. The maximum absolute atomic E-state index is 5.58. The highest BCUT2D eigenvalue weighted by molar-refractivity contribution is 5.28. The van der Waals surface area contributed by atoms with Crippen molar-refractivity contribution in [1.82, 2.24) is 10.6 Å². The highest BCUT2D eigenvalue weighted by Gasteiger charge is 2.03. The topological polar surface area (TPSA) is 42.5 Å². The van der Waals surface area contributed by atoms with E-state index in [4.69, 9.17) is 9.47 Å². The van der Waals surface area contributed by atoms with Gasteiger partial charge in [-0.2, -0.15) is 0 Å². The minimum absolute atomic E-state index is 0.494. The summed E-state index contributed by atoms with van der Waals surface area (Å²) in [6, 6.07) is 8.49. The SMILES string of the molecule is COc1cccc(CN[C](C)OCCNC(C)C)c1. The maximum Gasteiger partial charge on any atom is 0.159 e. The number of hydrogen-bond donors (Lipinski definition) is 2. The lowest BCUT2D eigenvalue weighted by atomic mass is 10.2. The first-order valence-corrected chi connectivity index (χ1v) is 6.68. The van der Waals surface area contributed by atoms with Crippen molar-refractivity contribution in [2.45, 2.75) is 33.4 Å². The molecule has 107 valence electrons. The summed E-state index contributed by atoms with van der Waals surface area (Å²) in [5.74, 6) is 0.874. The Balaban J connectivity index is 2.20. The van der Waals surface area contributed by atoms with Crippen molar-refractivity contribution in [3.63, 3.8) is 0 Å². The van der Waals surface area contributed by atoms with Gasteiger partial charge in [0.15, 0.2) is 6.23 Å². The second kappa shape index (κ2) is 8.91. The molecule has 0 saturated carbocycles. The minimum Gasteiger partial charge on any atom is -0.497 e. The van der Waals surface area contributed by atoms with Gasteiger partial charge in [0.1, 0.15) is 5.75 Å². The van der Waals surface area contributed by atoms with E-state index in [2.05, 4.69) is 30.5 Å². The number of rotatable bonds is 9. The molecule has 4 heteroatoms. The lowest BCUT2D eigenvalue weighted by molar-refractivity contribution is 0.126. The summed E-state index contributed by atoms with van der Waals surface area (Å²) in [4.78, 5) is 0. The third-order valence-electron chi connectivity index (χ3n) is 2.65. The molecule has 0 bridgehead atoms. The lowest BCUT2D eigenvalue weighted by Gasteiger charge is -2.15. The van der Waals surface area contributed by atoms with Crippen LogP contribution in [-0.4, -0.2) is 26.3 Å².